The van der Waals surface area contributed by atoms with Crippen molar-refractivity contribution in [2.45, 2.75) is 32.7 Å². The van der Waals surface area contributed by atoms with Crippen molar-refractivity contribution in [2.24, 2.45) is 0 Å². The fourth-order valence-corrected chi connectivity index (χ4v) is 3.90. The minimum absolute atomic E-state index is 0.0264. The Bertz CT molecular complexity index is 1250. The third-order valence-electron chi connectivity index (χ3n) is 5.56. The number of carbonyl (C=O) groups excluding carboxylic acids is 2. The van der Waals surface area contributed by atoms with E-state index in [1.54, 1.807) is 67.1 Å². The Balaban J connectivity index is 1.66. The first kappa shape index (κ1) is 24.0. The average molecular weight is 478 g/mol. The number of hydrogen-bond acceptors (Lipinski definition) is 8. The minimum atomic E-state index is -0.596. The molecule has 4 N–H and O–H groups in total. The number of phenolic OH excluding ortho intramolecular Hbond substituents is 1. The van der Waals surface area contributed by atoms with Crippen LogP contribution in [0.5, 0.6) is 5.75 Å². The van der Waals surface area contributed by atoms with Gasteiger partial charge in [0.25, 0.3) is 5.91 Å². The number of aryl methyl sites for hydroxylation is 1. The summed E-state index contributed by atoms with van der Waals surface area (Å²) in [7, 11) is 0. The highest BCUT2D eigenvalue weighted by atomic mass is 16.5. The van der Waals surface area contributed by atoms with Gasteiger partial charge in [-0.3, -0.25) is 4.79 Å². The summed E-state index contributed by atoms with van der Waals surface area (Å²) in [5.74, 6) is 0.371. The number of aromatic nitrogens is 3. The number of aliphatic hydroxyl groups excluding tert-OH is 1. The number of amides is 1. The van der Waals surface area contributed by atoms with Gasteiger partial charge in [0.05, 0.1) is 17.7 Å². The predicted octanol–water partition coefficient (Wildman–Crippen LogP) is 3.01. The summed E-state index contributed by atoms with van der Waals surface area (Å²) in [4.78, 5) is 29.9. The van der Waals surface area contributed by atoms with Crippen molar-refractivity contribution in [3.05, 3.63) is 76.8 Å². The van der Waals surface area contributed by atoms with E-state index >= 15 is 0 Å². The molecule has 10 nitrogen and oxygen atoms in total. The van der Waals surface area contributed by atoms with Gasteiger partial charge in [0.2, 0.25) is 5.95 Å². The van der Waals surface area contributed by atoms with Crippen LogP contribution < -0.4 is 10.6 Å². The van der Waals surface area contributed by atoms with Crippen LogP contribution in [0.3, 0.4) is 0 Å². The molecule has 0 bridgehead atoms. The van der Waals surface area contributed by atoms with Gasteiger partial charge in [-0.05, 0) is 62.2 Å². The maximum absolute atomic E-state index is 13.5. The van der Waals surface area contributed by atoms with Crippen molar-refractivity contribution in [3.8, 4) is 5.75 Å². The number of rotatable bonds is 8. The number of aromatic hydroxyl groups is 1. The third kappa shape index (κ3) is 5.17. The molecule has 0 aliphatic carbocycles. The number of benzene rings is 2. The number of fused-ring (bicyclic) bond motifs is 1. The fraction of sp³-hybridized carbons (Fsp3) is 0.280. The quantitative estimate of drug-likeness (QED) is 0.363. The molecule has 1 aromatic heterocycles. The minimum Gasteiger partial charge on any atom is -0.508 e. The number of nitrogens with one attached hydrogen (secondary N) is 2. The lowest BCUT2D eigenvalue weighted by atomic mass is 9.95. The van der Waals surface area contributed by atoms with E-state index in [1.807, 2.05) is 0 Å². The molecule has 35 heavy (non-hydrogen) atoms. The highest BCUT2D eigenvalue weighted by Crippen LogP contribution is 2.36. The molecule has 1 aliphatic rings. The number of ether oxygens (including phenoxy) is 1. The number of anilines is 2. The molecule has 4 rings (SSSR count). The SMILES string of the molecule is CCOC(=O)c1ccc(NC(=O)C2=C(C)Nc3nc(CCCO)nn3[C@@H]2c2ccc(O)cc2)cc1. The molecule has 1 aliphatic heterocycles. The Kier molecular flexibility index (Phi) is 7.11. The molecule has 0 radical (unpaired) electrons. The number of aliphatic hydroxyl groups is 1. The maximum Gasteiger partial charge on any atom is 0.338 e. The van der Waals surface area contributed by atoms with E-state index in [0.717, 1.165) is 5.56 Å². The van der Waals surface area contributed by atoms with Crippen LogP contribution in [0.4, 0.5) is 11.6 Å². The first-order valence-electron chi connectivity index (χ1n) is 11.3. The molecule has 182 valence electrons. The number of phenols is 1. The number of carbonyl (C=O) groups is 2. The van der Waals surface area contributed by atoms with Crippen molar-refractivity contribution in [2.75, 3.05) is 23.8 Å². The summed E-state index contributed by atoms with van der Waals surface area (Å²) in [6.45, 7) is 3.83. The molecule has 1 amide bonds. The predicted molar refractivity (Wildman–Crippen MR) is 129 cm³/mol. The van der Waals surface area contributed by atoms with Gasteiger partial charge in [-0.15, -0.1) is 0 Å². The number of allylic oxidation sites excluding steroid dienone is 1. The van der Waals surface area contributed by atoms with Crippen molar-refractivity contribution in [3.63, 3.8) is 0 Å². The van der Waals surface area contributed by atoms with Crippen LogP contribution in [0.2, 0.25) is 0 Å². The van der Waals surface area contributed by atoms with Gasteiger partial charge < -0.3 is 25.6 Å². The molecule has 0 saturated heterocycles. The second-order valence-electron chi connectivity index (χ2n) is 8.03. The number of hydrogen-bond donors (Lipinski definition) is 4. The smallest absolute Gasteiger partial charge is 0.338 e. The van der Waals surface area contributed by atoms with Gasteiger partial charge in [0.1, 0.15) is 11.8 Å². The van der Waals surface area contributed by atoms with Gasteiger partial charge in [0.15, 0.2) is 5.82 Å². The summed E-state index contributed by atoms with van der Waals surface area (Å²) in [6, 6.07) is 12.4. The highest BCUT2D eigenvalue weighted by Gasteiger charge is 2.34. The Morgan fingerprint density at radius 1 is 1.14 bits per heavy atom. The molecule has 0 saturated carbocycles. The normalized spacial score (nSPS) is 14.8. The average Bonchev–Trinajstić information content (AvgIpc) is 3.25. The van der Waals surface area contributed by atoms with Gasteiger partial charge in [-0.1, -0.05) is 12.1 Å². The standard InChI is InChI=1S/C25H27N5O5/c1-3-35-24(34)17-6-10-18(11-7-17)27-23(33)21-15(2)26-25-28-20(5-4-14-31)29-30(25)22(21)16-8-12-19(32)13-9-16/h6-13,22,31-32H,3-5,14H2,1-2H3,(H,27,33)(H,26,28,29)/t22-/m1/s1. The summed E-state index contributed by atoms with van der Waals surface area (Å²) >= 11 is 0. The second-order valence-corrected chi connectivity index (χ2v) is 8.03. The van der Waals surface area contributed by atoms with E-state index in [0.29, 0.717) is 47.1 Å². The van der Waals surface area contributed by atoms with E-state index in [4.69, 9.17) is 9.84 Å². The Hall–Kier alpha value is -4.18. The molecule has 2 aromatic carbocycles. The van der Waals surface area contributed by atoms with E-state index in [-0.39, 0.29) is 24.9 Å². The van der Waals surface area contributed by atoms with Crippen LogP contribution in [0, 0.1) is 0 Å². The van der Waals surface area contributed by atoms with Crippen LogP contribution in [0.15, 0.2) is 59.8 Å². The molecule has 10 heteroatoms. The summed E-state index contributed by atoms with van der Waals surface area (Å²) in [6.07, 6.45) is 1.02. The molecular formula is C25H27N5O5. The van der Waals surface area contributed by atoms with Crippen LogP contribution in [0.25, 0.3) is 0 Å². The monoisotopic (exact) mass is 477 g/mol. The van der Waals surface area contributed by atoms with Crippen molar-refractivity contribution >= 4 is 23.5 Å². The molecule has 2 heterocycles. The number of esters is 1. The Morgan fingerprint density at radius 3 is 2.51 bits per heavy atom. The van der Waals surface area contributed by atoms with E-state index in [9.17, 15) is 14.7 Å². The lowest BCUT2D eigenvalue weighted by molar-refractivity contribution is -0.113. The van der Waals surface area contributed by atoms with Gasteiger partial charge in [0, 0.05) is 24.4 Å². The topological polar surface area (TPSA) is 139 Å². The largest absolute Gasteiger partial charge is 0.508 e. The zero-order valence-corrected chi connectivity index (χ0v) is 19.5. The zero-order valence-electron chi connectivity index (χ0n) is 19.5. The van der Waals surface area contributed by atoms with E-state index < -0.39 is 12.0 Å². The summed E-state index contributed by atoms with van der Waals surface area (Å²) in [5, 5.41) is 29.6. The van der Waals surface area contributed by atoms with Crippen molar-refractivity contribution in [1.29, 1.82) is 0 Å². The Labute approximate surface area is 202 Å². The summed E-state index contributed by atoms with van der Waals surface area (Å²) < 4.78 is 6.64. The molecule has 1 atom stereocenters. The molecule has 0 fully saturated rings. The Morgan fingerprint density at radius 2 is 1.86 bits per heavy atom. The van der Waals surface area contributed by atoms with Crippen molar-refractivity contribution < 1.29 is 24.5 Å². The van der Waals surface area contributed by atoms with Crippen LogP contribution in [-0.4, -0.2) is 50.1 Å². The van der Waals surface area contributed by atoms with Gasteiger partial charge in [-0.2, -0.15) is 10.1 Å². The first-order valence-corrected chi connectivity index (χ1v) is 11.3. The number of nitrogens with zero attached hydrogens (tertiary/aromatic N) is 3. The molecule has 3 aromatic rings. The van der Waals surface area contributed by atoms with Crippen LogP contribution in [0.1, 0.15) is 48.1 Å². The zero-order chi connectivity index (χ0) is 24.9. The van der Waals surface area contributed by atoms with Gasteiger partial charge in [-0.25, -0.2) is 9.48 Å². The van der Waals surface area contributed by atoms with Crippen molar-refractivity contribution in [1.82, 2.24) is 14.8 Å². The van der Waals surface area contributed by atoms with E-state index in [1.165, 1.54) is 0 Å². The lowest BCUT2D eigenvalue weighted by Gasteiger charge is -2.28. The molecule has 0 unspecified atom stereocenters. The lowest BCUT2D eigenvalue weighted by Crippen LogP contribution is -2.31. The second kappa shape index (κ2) is 10.4. The third-order valence-corrected chi connectivity index (χ3v) is 5.56. The van der Waals surface area contributed by atoms with Gasteiger partial charge >= 0.3 is 5.97 Å². The fourth-order valence-electron chi connectivity index (χ4n) is 3.90. The highest BCUT2D eigenvalue weighted by molar-refractivity contribution is 6.06. The molecule has 0 spiro atoms. The van der Waals surface area contributed by atoms with Crippen LogP contribution in [-0.2, 0) is 16.0 Å². The molecular weight excluding hydrogens is 450 g/mol. The van der Waals surface area contributed by atoms with Crippen LogP contribution >= 0.6 is 0 Å². The summed E-state index contributed by atoms with van der Waals surface area (Å²) in [5.41, 5.74) is 2.69. The van der Waals surface area contributed by atoms with E-state index in [2.05, 4.69) is 20.7 Å². The maximum atomic E-state index is 13.5. The first-order chi connectivity index (χ1) is 16.9.